The summed E-state index contributed by atoms with van der Waals surface area (Å²) in [5.41, 5.74) is 0. The van der Waals surface area contributed by atoms with Crippen LogP contribution in [0.2, 0.25) is 6.04 Å². The third-order valence-electron chi connectivity index (χ3n) is 3.34. The summed E-state index contributed by atoms with van der Waals surface area (Å²) >= 11 is 0. The maximum Gasteiger partial charge on any atom is 0.501 e. The summed E-state index contributed by atoms with van der Waals surface area (Å²) in [6, 6.07) is 0.675. The summed E-state index contributed by atoms with van der Waals surface area (Å²) in [5, 5.41) is 9.37. The topological polar surface area (TPSA) is 65.0 Å². The molecule has 0 heterocycles. The quantitative estimate of drug-likeness (QED) is 0.358. The van der Waals surface area contributed by atoms with Crippen molar-refractivity contribution in [1.29, 1.82) is 0 Å². The van der Waals surface area contributed by atoms with Gasteiger partial charge in [-0.15, -0.1) is 0 Å². The van der Waals surface area contributed by atoms with E-state index in [9.17, 15) is 9.90 Å². The van der Waals surface area contributed by atoms with Gasteiger partial charge >= 0.3 is 14.8 Å². The van der Waals surface area contributed by atoms with Crippen LogP contribution in [-0.4, -0.2) is 39.2 Å². The Morgan fingerprint density at radius 3 is 1.86 bits per heavy atom. The Kier molecular flexibility index (Phi) is 12.8. The van der Waals surface area contributed by atoms with E-state index in [4.69, 9.17) is 13.3 Å². The lowest BCUT2D eigenvalue weighted by atomic mass is 10.2. The molecular weight excluding hydrogens is 300 g/mol. The maximum absolute atomic E-state index is 11.4. The normalized spacial score (nSPS) is 13.3. The van der Waals surface area contributed by atoms with Crippen LogP contribution < -0.4 is 0 Å². The molecule has 0 spiro atoms. The van der Waals surface area contributed by atoms with Crippen LogP contribution in [0.5, 0.6) is 0 Å². The minimum atomic E-state index is -2.91. The third kappa shape index (κ3) is 8.88. The van der Waals surface area contributed by atoms with Crippen molar-refractivity contribution >= 4 is 14.8 Å². The summed E-state index contributed by atoms with van der Waals surface area (Å²) in [6.07, 6.45) is 5.22. The second kappa shape index (κ2) is 13.0. The highest BCUT2D eigenvalue weighted by Crippen LogP contribution is 2.23. The first-order chi connectivity index (χ1) is 10.5. The van der Waals surface area contributed by atoms with Gasteiger partial charge in [-0.05, 0) is 19.3 Å². The summed E-state index contributed by atoms with van der Waals surface area (Å²) in [7, 11) is -2.91. The van der Waals surface area contributed by atoms with Crippen LogP contribution in [0.25, 0.3) is 0 Å². The zero-order valence-corrected chi connectivity index (χ0v) is 15.7. The van der Waals surface area contributed by atoms with E-state index in [2.05, 4.69) is 13.8 Å². The molecule has 0 bridgehead atoms. The molecule has 5 nitrogen and oxygen atoms in total. The molecule has 0 aromatic carbocycles. The predicted molar refractivity (Wildman–Crippen MR) is 90.0 cm³/mol. The number of hydrogen-bond acceptors (Lipinski definition) is 4. The fourth-order valence-corrected chi connectivity index (χ4v) is 4.88. The van der Waals surface area contributed by atoms with Crippen molar-refractivity contribution < 1.29 is 23.2 Å². The lowest BCUT2D eigenvalue weighted by Gasteiger charge is -2.32. The maximum atomic E-state index is 11.4. The van der Waals surface area contributed by atoms with Crippen LogP contribution in [0, 0.1) is 0 Å². The number of carboxylic acid groups (broad SMARTS) is 1. The molecule has 0 amide bonds. The van der Waals surface area contributed by atoms with Gasteiger partial charge in [-0.3, -0.25) is 0 Å². The van der Waals surface area contributed by atoms with Gasteiger partial charge in [0.25, 0.3) is 0 Å². The lowest BCUT2D eigenvalue weighted by molar-refractivity contribution is -0.148. The van der Waals surface area contributed by atoms with Crippen LogP contribution in [0.3, 0.4) is 0 Å². The van der Waals surface area contributed by atoms with E-state index in [-0.39, 0.29) is 0 Å². The van der Waals surface area contributed by atoms with E-state index in [1.165, 1.54) is 0 Å². The van der Waals surface area contributed by atoms with Crippen LogP contribution in [0.1, 0.15) is 72.6 Å². The van der Waals surface area contributed by atoms with Crippen molar-refractivity contribution in [1.82, 2.24) is 0 Å². The van der Waals surface area contributed by atoms with Gasteiger partial charge in [-0.1, -0.05) is 53.4 Å². The Hall–Kier alpha value is -0.433. The van der Waals surface area contributed by atoms with Gasteiger partial charge < -0.3 is 18.4 Å². The molecule has 0 aliphatic carbocycles. The molecule has 0 rings (SSSR count). The van der Waals surface area contributed by atoms with Crippen LogP contribution in [-0.2, 0) is 18.1 Å². The van der Waals surface area contributed by atoms with E-state index in [1.54, 1.807) is 0 Å². The van der Waals surface area contributed by atoms with Gasteiger partial charge in [0.2, 0.25) is 0 Å². The molecule has 1 atom stereocenters. The number of unbranched alkanes of at least 4 members (excludes halogenated alkanes) is 2. The standard InChI is InChI=1S/C16H34O5Si/c1-5-9-12-19-22(14-8-4,20-13-10-6-2)21-15(11-7-3)16(17)18/h15H,5-14H2,1-4H3,(H,17,18). The summed E-state index contributed by atoms with van der Waals surface area (Å²) in [5.74, 6) is -0.923. The molecule has 0 saturated heterocycles. The Bertz CT molecular complexity index is 276. The number of rotatable bonds is 15. The van der Waals surface area contributed by atoms with Gasteiger partial charge in [0.1, 0.15) is 6.10 Å². The Morgan fingerprint density at radius 1 is 0.955 bits per heavy atom. The minimum absolute atomic E-state index is 0.488. The van der Waals surface area contributed by atoms with Crippen LogP contribution in [0.4, 0.5) is 0 Å². The van der Waals surface area contributed by atoms with Crippen molar-refractivity contribution in [3.05, 3.63) is 0 Å². The van der Waals surface area contributed by atoms with Gasteiger partial charge in [-0.25, -0.2) is 4.79 Å². The fourth-order valence-electron chi connectivity index (χ4n) is 2.07. The molecule has 0 saturated carbocycles. The molecular formula is C16H34O5Si. The molecule has 132 valence electrons. The monoisotopic (exact) mass is 334 g/mol. The first-order valence-corrected chi connectivity index (χ1v) is 10.7. The van der Waals surface area contributed by atoms with Crippen LogP contribution in [0.15, 0.2) is 0 Å². The van der Waals surface area contributed by atoms with Gasteiger partial charge in [0, 0.05) is 19.3 Å². The summed E-state index contributed by atoms with van der Waals surface area (Å²) in [4.78, 5) is 11.4. The zero-order valence-electron chi connectivity index (χ0n) is 14.7. The van der Waals surface area contributed by atoms with Gasteiger partial charge in [0.15, 0.2) is 0 Å². The number of carboxylic acids is 1. The highest BCUT2D eigenvalue weighted by atomic mass is 28.4. The lowest BCUT2D eigenvalue weighted by Crippen LogP contribution is -2.50. The molecule has 0 aromatic heterocycles. The second-order valence-electron chi connectivity index (χ2n) is 5.57. The van der Waals surface area contributed by atoms with Crippen LogP contribution >= 0.6 is 0 Å². The van der Waals surface area contributed by atoms with Crippen molar-refractivity contribution in [2.45, 2.75) is 84.8 Å². The summed E-state index contributed by atoms with van der Waals surface area (Å²) in [6.45, 7) is 9.36. The molecule has 0 radical (unpaired) electrons. The van der Waals surface area contributed by atoms with E-state index in [1.807, 2.05) is 13.8 Å². The molecule has 0 aliphatic rings. The largest absolute Gasteiger partial charge is 0.501 e. The first kappa shape index (κ1) is 21.6. The van der Waals surface area contributed by atoms with Crippen molar-refractivity contribution in [3.63, 3.8) is 0 Å². The van der Waals surface area contributed by atoms with Gasteiger partial charge in [0.05, 0.1) is 0 Å². The van der Waals surface area contributed by atoms with E-state index in [0.29, 0.717) is 25.7 Å². The molecule has 0 fully saturated rings. The highest BCUT2D eigenvalue weighted by Gasteiger charge is 2.44. The van der Waals surface area contributed by atoms with Gasteiger partial charge in [-0.2, -0.15) is 0 Å². The first-order valence-electron chi connectivity index (χ1n) is 8.73. The Balaban J connectivity index is 4.97. The average molecular weight is 335 g/mol. The van der Waals surface area contributed by atoms with Crippen molar-refractivity contribution in [3.8, 4) is 0 Å². The molecule has 0 aliphatic heterocycles. The zero-order chi connectivity index (χ0) is 16.8. The second-order valence-corrected chi connectivity index (χ2v) is 8.25. The number of aliphatic carboxylic acids is 1. The molecule has 22 heavy (non-hydrogen) atoms. The predicted octanol–water partition coefficient (Wildman–Crippen LogP) is 4.24. The highest BCUT2D eigenvalue weighted by molar-refractivity contribution is 6.60. The smallest absolute Gasteiger partial charge is 0.479 e. The SMILES string of the molecule is CCCCO[Si](CCC)(OCCCC)OC(CCC)C(=O)O. The molecule has 1 N–H and O–H groups in total. The molecule has 6 heteroatoms. The molecule has 0 aromatic rings. The molecule has 1 unspecified atom stereocenters. The third-order valence-corrected chi connectivity index (χ3v) is 6.39. The summed E-state index contributed by atoms with van der Waals surface area (Å²) < 4.78 is 18.0. The fraction of sp³-hybridized carbons (Fsp3) is 0.938. The Morgan fingerprint density at radius 2 is 1.50 bits per heavy atom. The van der Waals surface area contributed by atoms with E-state index >= 15 is 0 Å². The average Bonchev–Trinajstić information content (AvgIpc) is 2.47. The van der Waals surface area contributed by atoms with E-state index in [0.717, 1.165) is 38.5 Å². The minimum Gasteiger partial charge on any atom is -0.479 e. The number of carbonyl (C=O) groups is 1. The number of hydrogen-bond donors (Lipinski definition) is 1. The van der Waals surface area contributed by atoms with E-state index < -0.39 is 20.9 Å². The van der Waals surface area contributed by atoms with Crippen molar-refractivity contribution in [2.24, 2.45) is 0 Å². The Labute approximate surface area is 136 Å². The van der Waals surface area contributed by atoms with Crippen molar-refractivity contribution in [2.75, 3.05) is 13.2 Å².